The van der Waals surface area contributed by atoms with Crippen LogP contribution in [0.5, 0.6) is 0 Å². The summed E-state index contributed by atoms with van der Waals surface area (Å²) in [5.74, 6) is 2.27. The van der Waals surface area contributed by atoms with Gasteiger partial charge in [0.25, 0.3) is 0 Å². The highest BCUT2D eigenvalue weighted by Gasteiger charge is 2.20. The number of anilines is 1. The van der Waals surface area contributed by atoms with Crippen molar-refractivity contribution in [2.24, 2.45) is 7.05 Å². The fourth-order valence-electron chi connectivity index (χ4n) is 2.88. The number of hydrogen-bond acceptors (Lipinski definition) is 4. The Hall–Kier alpha value is -1.91. The average molecular weight is 271 g/mol. The number of nitrogens with one attached hydrogen (secondary N) is 1. The molecule has 1 N–H and O–H groups in total. The van der Waals surface area contributed by atoms with Crippen LogP contribution >= 0.6 is 0 Å². The minimum Gasteiger partial charge on any atom is -0.370 e. The fraction of sp³-hybridized carbons (Fsp3) is 0.533. The summed E-state index contributed by atoms with van der Waals surface area (Å²) in [7, 11) is 1.92. The molecule has 2 heterocycles. The van der Waals surface area contributed by atoms with Crippen molar-refractivity contribution in [2.45, 2.75) is 38.5 Å². The average Bonchev–Trinajstić information content (AvgIpc) is 3.09. The summed E-state index contributed by atoms with van der Waals surface area (Å²) in [5.41, 5.74) is 2.13. The normalized spacial score (nSPS) is 15.7. The van der Waals surface area contributed by atoms with Gasteiger partial charge in [0.15, 0.2) is 5.82 Å². The smallest absolute Gasteiger partial charge is 0.180 e. The molecule has 0 saturated heterocycles. The maximum atomic E-state index is 4.79. The quantitative estimate of drug-likeness (QED) is 0.929. The van der Waals surface area contributed by atoms with E-state index in [1.54, 1.807) is 6.20 Å². The molecule has 2 aromatic rings. The third-order valence-corrected chi connectivity index (χ3v) is 3.93. The van der Waals surface area contributed by atoms with E-state index in [1.165, 1.54) is 31.4 Å². The second-order valence-electron chi connectivity index (χ2n) is 5.35. The summed E-state index contributed by atoms with van der Waals surface area (Å²) in [6, 6.07) is 4.07. The van der Waals surface area contributed by atoms with Gasteiger partial charge in [-0.3, -0.25) is 4.68 Å². The van der Waals surface area contributed by atoms with E-state index in [2.05, 4.69) is 28.4 Å². The molecule has 20 heavy (non-hydrogen) atoms. The Bertz CT molecular complexity index is 584. The molecule has 0 aliphatic heterocycles. The number of hydrogen-bond donors (Lipinski definition) is 1. The molecule has 0 spiro atoms. The van der Waals surface area contributed by atoms with Gasteiger partial charge < -0.3 is 5.32 Å². The van der Waals surface area contributed by atoms with Crippen LogP contribution in [0.2, 0.25) is 0 Å². The Labute approximate surface area is 119 Å². The summed E-state index contributed by atoms with van der Waals surface area (Å²) in [6.45, 7) is 2.95. The second-order valence-corrected chi connectivity index (χ2v) is 5.35. The molecular formula is C15H21N5. The van der Waals surface area contributed by atoms with Crippen molar-refractivity contribution in [1.82, 2.24) is 19.7 Å². The Morgan fingerprint density at radius 2 is 2.10 bits per heavy atom. The van der Waals surface area contributed by atoms with E-state index < -0.39 is 0 Å². The zero-order valence-corrected chi connectivity index (χ0v) is 12.1. The summed E-state index contributed by atoms with van der Waals surface area (Å²) in [6.07, 6.45) is 6.90. The van der Waals surface area contributed by atoms with E-state index in [-0.39, 0.29) is 0 Å². The van der Waals surface area contributed by atoms with E-state index in [1.807, 2.05) is 17.8 Å². The standard InChI is InChI=1S/C15H21N5/c1-3-16-14-10-12(11-6-4-5-7-11)18-15(19-14)13-8-9-17-20(13)2/h8-11H,3-7H2,1-2H3,(H,16,18,19). The lowest BCUT2D eigenvalue weighted by molar-refractivity contribution is 0.693. The molecule has 5 nitrogen and oxygen atoms in total. The van der Waals surface area contributed by atoms with Gasteiger partial charge in [-0.2, -0.15) is 5.10 Å². The van der Waals surface area contributed by atoms with Gasteiger partial charge in [0.2, 0.25) is 0 Å². The first-order valence-corrected chi connectivity index (χ1v) is 7.39. The Balaban J connectivity index is 2.02. The van der Waals surface area contributed by atoms with Gasteiger partial charge in [0.1, 0.15) is 11.5 Å². The molecule has 1 aliphatic carbocycles. The first-order chi connectivity index (χ1) is 9.78. The molecule has 2 aromatic heterocycles. The van der Waals surface area contributed by atoms with Crippen molar-refractivity contribution in [3.63, 3.8) is 0 Å². The van der Waals surface area contributed by atoms with Crippen molar-refractivity contribution in [1.29, 1.82) is 0 Å². The molecule has 5 heteroatoms. The molecule has 1 saturated carbocycles. The summed E-state index contributed by atoms with van der Waals surface area (Å²) in [4.78, 5) is 9.40. The van der Waals surface area contributed by atoms with Crippen LogP contribution in [0, 0.1) is 0 Å². The van der Waals surface area contributed by atoms with Crippen LogP contribution < -0.4 is 5.32 Å². The minimum atomic E-state index is 0.586. The zero-order valence-electron chi connectivity index (χ0n) is 12.1. The van der Waals surface area contributed by atoms with Gasteiger partial charge in [-0.1, -0.05) is 12.8 Å². The highest BCUT2D eigenvalue weighted by Crippen LogP contribution is 2.34. The molecule has 0 unspecified atom stereocenters. The van der Waals surface area contributed by atoms with Crippen molar-refractivity contribution in [2.75, 3.05) is 11.9 Å². The number of aromatic nitrogens is 4. The minimum absolute atomic E-state index is 0.586. The molecule has 0 aromatic carbocycles. The van der Waals surface area contributed by atoms with Gasteiger partial charge in [-0.15, -0.1) is 0 Å². The van der Waals surface area contributed by atoms with Crippen molar-refractivity contribution in [3.8, 4) is 11.5 Å². The second kappa shape index (κ2) is 5.61. The molecule has 0 atom stereocenters. The predicted octanol–water partition coefficient (Wildman–Crippen LogP) is 2.97. The predicted molar refractivity (Wildman–Crippen MR) is 79.6 cm³/mol. The third kappa shape index (κ3) is 2.53. The molecule has 0 amide bonds. The maximum absolute atomic E-state index is 4.79. The van der Waals surface area contributed by atoms with Gasteiger partial charge >= 0.3 is 0 Å². The van der Waals surface area contributed by atoms with E-state index in [9.17, 15) is 0 Å². The molecule has 3 rings (SSSR count). The van der Waals surface area contributed by atoms with Gasteiger partial charge in [0.05, 0.1) is 0 Å². The van der Waals surface area contributed by atoms with Crippen LogP contribution in [0.4, 0.5) is 5.82 Å². The van der Waals surface area contributed by atoms with Crippen molar-refractivity contribution >= 4 is 5.82 Å². The van der Waals surface area contributed by atoms with E-state index >= 15 is 0 Å². The molecule has 1 aliphatic rings. The fourth-order valence-corrected chi connectivity index (χ4v) is 2.88. The first kappa shape index (κ1) is 13.1. The zero-order chi connectivity index (χ0) is 13.9. The van der Waals surface area contributed by atoms with Crippen LogP contribution in [0.25, 0.3) is 11.5 Å². The molecular weight excluding hydrogens is 250 g/mol. The lowest BCUT2D eigenvalue weighted by Gasteiger charge is -2.13. The number of rotatable bonds is 4. The van der Waals surface area contributed by atoms with E-state index in [0.29, 0.717) is 5.92 Å². The first-order valence-electron chi connectivity index (χ1n) is 7.39. The van der Waals surface area contributed by atoms with Crippen LogP contribution in [0.1, 0.15) is 44.2 Å². The van der Waals surface area contributed by atoms with E-state index in [4.69, 9.17) is 4.98 Å². The highest BCUT2D eigenvalue weighted by molar-refractivity contribution is 5.53. The van der Waals surface area contributed by atoms with Crippen LogP contribution in [-0.2, 0) is 7.05 Å². The third-order valence-electron chi connectivity index (χ3n) is 3.93. The van der Waals surface area contributed by atoms with Gasteiger partial charge in [-0.25, -0.2) is 9.97 Å². The monoisotopic (exact) mass is 271 g/mol. The van der Waals surface area contributed by atoms with E-state index in [0.717, 1.165) is 23.9 Å². The summed E-state index contributed by atoms with van der Waals surface area (Å²) in [5, 5.41) is 7.52. The molecule has 0 radical (unpaired) electrons. The number of aryl methyl sites for hydroxylation is 1. The maximum Gasteiger partial charge on any atom is 0.180 e. The largest absolute Gasteiger partial charge is 0.370 e. The van der Waals surface area contributed by atoms with Crippen LogP contribution in [0.3, 0.4) is 0 Å². The topological polar surface area (TPSA) is 55.6 Å². The lowest BCUT2D eigenvalue weighted by Crippen LogP contribution is -2.07. The Morgan fingerprint density at radius 1 is 1.30 bits per heavy atom. The van der Waals surface area contributed by atoms with Crippen molar-refractivity contribution in [3.05, 3.63) is 24.0 Å². The van der Waals surface area contributed by atoms with Crippen LogP contribution in [0.15, 0.2) is 18.3 Å². The van der Waals surface area contributed by atoms with Gasteiger partial charge in [-0.05, 0) is 25.8 Å². The highest BCUT2D eigenvalue weighted by atomic mass is 15.3. The molecule has 0 bridgehead atoms. The SMILES string of the molecule is CCNc1cc(C2CCCC2)nc(-c2ccnn2C)n1. The number of nitrogens with zero attached hydrogens (tertiary/aromatic N) is 4. The summed E-state index contributed by atoms with van der Waals surface area (Å²) >= 11 is 0. The van der Waals surface area contributed by atoms with Crippen molar-refractivity contribution < 1.29 is 0 Å². The molecule has 106 valence electrons. The lowest BCUT2D eigenvalue weighted by atomic mass is 10.0. The Kier molecular flexibility index (Phi) is 3.67. The molecule has 1 fully saturated rings. The Morgan fingerprint density at radius 3 is 2.75 bits per heavy atom. The summed E-state index contributed by atoms with van der Waals surface area (Å²) < 4.78 is 1.82. The van der Waals surface area contributed by atoms with Crippen LogP contribution in [-0.4, -0.2) is 26.3 Å². The van der Waals surface area contributed by atoms with Gasteiger partial charge in [0, 0.05) is 37.5 Å².